The summed E-state index contributed by atoms with van der Waals surface area (Å²) in [5, 5.41) is 3.35. The van der Waals surface area contributed by atoms with Crippen molar-refractivity contribution in [1.82, 2.24) is 5.32 Å². The fourth-order valence-electron chi connectivity index (χ4n) is 1.81. The van der Waals surface area contributed by atoms with E-state index < -0.39 is 5.82 Å². The molecule has 2 aromatic rings. The summed E-state index contributed by atoms with van der Waals surface area (Å²) in [5.41, 5.74) is 1.75. The van der Waals surface area contributed by atoms with Crippen molar-refractivity contribution < 1.29 is 8.78 Å². The van der Waals surface area contributed by atoms with Crippen molar-refractivity contribution in [3.05, 3.63) is 70.2 Å². The number of nitrogens with one attached hydrogen (secondary N) is 1. The Balaban J connectivity index is 2.00. The van der Waals surface area contributed by atoms with Gasteiger partial charge < -0.3 is 5.32 Å². The molecule has 1 atom stereocenters. The van der Waals surface area contributed by atoms with Gasteiger partial charge in [0.2, 0.25) is 0 Å². The van der Waals surface area contributed by atoms with Gasteiger partial charge >= 0.3 is 0 Å². The van der Waals surface area contributed by atoms with Crippen LogP contribution < -0.4 is 5.32 Å². The third-order valence-electron chi connectivity index (χ3n) is 2.95. The summed E-state index contributed by atoms with van der Waals surface area (Å²) >= 11 is 5.71. The van der Waals surface area contributed by atoms with Crippen molar-refractivity contribution in [3.8, 4) is 0 Å². The van der Waals surface area contributed by atoms with Crippen LogP contribution in [0.2, 0.25) is 5.02 Å². The molecule has 4 heteroatoms. The van der Waals surface area contributed by atoms with Crippen molar-refractivity contribution in [1.29, 1.82) is 0 Å². The highest BCUT2D eigenvalue weighted by molar-refractivity contribution is 6.30. The second kappa shape index (κ2) is 6.13. The van der Waals surface area contributed by atoms with Crippen molar-refractivity contribution in [2.45, 2.75) is 19.5 Å². The first-order chi connectivity index (χ1) is 9.06. The lowest BCUT2D eigenvalue weighted by molar-refractivity contribution is 0.563. The first-order valence-corrected chi connectivity index (χ1v) is 6.37. The van der Waals surface area contributed by atoms with Gasteiger partial charge in [0, 0.05) is 12.6 Å². The van der Waals surface area contributed by atoms with Gasteiger partial charge in [-0.05, 0) is 42.3 Å². The van der Waals surface area contributed by atoms with Crippen molar-refractivity contribution in [2.75, 3.05) is 0 Å². The van der Waals surface area contributed by atoms with Gasteiger partial charge in [0.1, 0.15) is 11.6 Å². The molecule has 0 saturated heterocycles. The first-order valence-electron chi connectivity index (χ1n) is 5.99. The number of hydrogen-bond acceptors (Lipinski definition) is 1. The topological polar surface area (TPSA) is 12.0 Å². The summed E-state index contributed by atoms with van der Waals surface area (Å²) in [5.74, 6) is -0.681. The Hall–Kier alpha value is -1.45. The van der Waals surface area contributed by atoms with Crippen molar-refractivity contribution in [3.63, 3.8) is 0 Å². The minimum absolute atomic E-state index is 0.000437. The monoisotopic (exact) mass is 281 g/mol. The average Bonchev–Trinajstić information content (AvgIpc) is 2.40. The molecule has 0 fully saturated rings. The van der Waals surface area contributed by atoms with Crippen LogP contribution >= 0.6 is 11.6 Å². The average molecular weight is 282 g/mol. The molecule has 0 heterocycles. The lowest BCUT2D eigenvalue weighted by Gasteiger charge is -2.14. The van der Waals surface area contributed by atoms with Crippen LogP contribution in [0.5, 0.6) is 0 Å². The molecule has 2 aromatic carbocycles. The Bertz CT molecular complexity index is 572. The fourth-order valence-corrected chi connectivity index (χ4v) is 2.02. The molecule has 0 spiro atoms. The number of rotatable bonds is 4. The summed E-state index contributed by atoms with van der Waals surface area (Å²) in [6.07, 6.45) is 0. The van der Waals surface area contributed by atoms with Crippen LogP contribution in [0.3, 0.4) is 0 Å². The Labute approximate surface area is 116 Å². The summed E-state index contributed by atoms with van der Waals surface area (Å²) < 4.78 is 26.1. The highest BCUT2D eigenvalue weighted by atomic mass is 35.5. The predicted octanol–water partition coefficient (Wildman–Crippen LogP) is 4.47. The van der Waals surface area contributed by atoms with E-state index in [0.717, 1.165) is 11.1 Å². The lowest BCUT2D eigenvalue weighted by atomic mass is 10.1. The lowest BCUT2D eigenvalue weighted by Crippen LogP contribution is -2.18. The van der Waals surface area contributed by atoms with E-state index in [1.807, 2.05) is 13.0 Å². The van der Waals surface area contributed by atoms with Gasteiger partial charge in [-0.15, -0.1) is 0 Å². The molecule has 1 N–H and O–H groups in total. The maximum absolute atomic E-state index is 13.1. The van der Waals surface area contributed by atoms with Gasteiger partial charge in [-0.1, -0.05) is 29.8 Å². The normalized spacial score (nSPS) is 12.4. The van der Waals surface area contributed by atoms with Crippen LogP contribution in [0.1, 0.15) is 24.1 Å². The molecule has 0 aromatic heterocycles. The maximum Gasteiger partial charge on any atom is 0.141 e. The van der Waals surface area contributed by atoms with Crippen molar-refractivity contribution in [2.24, 2.45) is 0 Å². The van der Waals surface area contributed by atoms with E-state index >= 15 is 0 Å². The largest absolute Gasteiger partial charge is 0.306 e. The zero-order chi connectivity index (χ0) is 13.8. The van der Waals surface area contributed by atoms with Gasteiger partial charge in [0.05, 0.1) is 5.02 Å². The molecule has 0 aliphatic heterocycles. The summed E-state index contributed by atoms with van der Waals surface area (Å²) in [6, 6.07) is 11.0. The molecule has 1 nitrogen and oxygen atoms in total. The van der Waals surface area contributed by atoms with E-state index in [1.165, 1.54) is 18.2 Å². The fraction of sp³-hybridized carbons (Fsp3) is 0.200. The Morgan fingerprint density at radius 3 is 2.63 bits per heavy atom. The molecule has 0 aliphatic rings. The summed E-state index contributed by atoms with van der Waals surface area (Å²) in [7, 11) is 0. The molecular formula is C15H14ClF2N. The van der Waals surface area contributed by atoms with Crippen LogP contribution in [-0.4, -0.2) is 0 Å². The second-order valence-corrected chi connectivity index (χ2v) is 4.81. The second-order valence-electron chi connectivity index (χ2n) is 4.41. The molecule has 1 unspecified atom stereocenters. The number of halogens is 3. The molecule has 0 radical (unpaired) electrons. The van der Waals surface area contributed by atoms with Crippen LogP contribution in [0, 0.1) is 11.6 Å². The highest BCUT2D eigenvalue weighted by Crippen LogP contribution is 2.18. The van der Waals surface area contributed by atoms with Crippen LogP contribution in [0.4, 0.5) is 8.78 Å². The summed E-state index contributed by atoms with van der Waals surface area (Å²) in [4.78, 5) is 0. The van der Waals surface area contributed by atoms with Gasteiger partial charge in [0.15, 0.2) is 0 Å². The summed E-state index contributed by atoms with van der Waals surface area (Å²) in [6.45, 7) is 2.48. The Morgan fingerprint density at radius 2 is 1.95 bits per heavy atom. The van der Waals surface area contributed by atoms with Gasteiger partial charge in [-0.2, -0.15) is 0 Å². The SMILES string of the molecule is CC(NCc1ccc(F)c(Cl)c1)c1cccc(F)c1. The minimum atomic E-state index is -0.427. The van der Waals surface area contributed by atoms with Crippen LogP contribution in [0.15, 0.2) is 42.5 Å². The predicted molar refractivity (Wildman–Crippen MR) is 73.1 cm³/mol. The molecule has 0 aliphatic carbocycles. The Morgan fingerprint density at radius 1 is 1.16 bits per heavy atom. The van der Waals surface area contributed by atoms with Gasteiger partial charge in [-0.25, -0.2) is 8.78 Å². The van der Waals surface area contributed by atoms with Crippen LogP contribution in [0.25, 0.3) is 0 Å². The molecule has 2 rings (SSSR count). The van der Waals surface area contributed by atoms with E-state index in [1.54, 1.807) is 18.2 Å². The highest BCUT2D eigenvalue weighted by Gasteiger charge is 2.06. The third kappa shape index (κ3) is 3.75. The number of hydrogen-bond donors (Lipinski definition) is 1. The third-order valence-corrected chi connectivity index (χ3v) is 3.23. The molecule has 0 saturated carbocycles. The quantitative estimate of drug-likeness (QED) is 0.872. The van der Waals surface area contributed by atoms with Gasteiger partial charge in [0.25, 0.3) is 0 Å². The molecular weight excluding hydrogens is 268 g/mol. The smallest absolute Gasteiger partial charge is 0.141 e. The maximum atomic E-state index is 13.1. The van der Waals surface area contributed by atoms with E-state index in [2.05, 4.69) is 5.32 Å². The molecule has 19 heavy (non-hydrogen) atoms. The first kappa shape index (κ1) is 14.0. The van der Waals surface area contributed by atoms with Crippen LogP contribution in [-0.2, 0) is 6.54 Å². The van der Waals surface area contributed by atoms with Crippen molar-refractivity contribution >= 4 is 11.6 Å². The zero-order valence-corrected chi connectivity index (χ0v) is 11.2. The molecule has 100 valence electrons. The minimum Gasteiger partial charge on any atom is -0.306 e. The van der Waals surface area contributed by atoms with E-state index in [-0.39, 0.29) is 16.9 Å². The van der Waals surface area contributed by atoms with E-state index in [0.29, 0.717) is 6.54 Å². The zero-order valence-electron chi connectivity index (χ0n) is 10.5. The number of benzene rings is 2. The molecule has 0 bridgehead atoms. The Kier molecular flexibility index (Phi) is 4.51. The molecule has 0 amide bonds. The van der Waals surface area contributed by atoms with E-state index in [9.17, 15) is 8.78 Å². The van der Waals surface area contributed by atoms with E-state index in [4.69, 9.17) is 11.6 Å². The van der Waals surface area contributed by atoms with Gasteiger partial charge in [-0.3, -0.25) is 0 Å². The standard InChI is InChI=1S/C15H14ClF2N/c1-10(12-3-2-4-13(17)8-12)19-9-11-5-6-15(18)14(16)7-11/h2-8,10,19H,9H2,1H3.